The van der Waals surface area contributed by atoms with Crippen LogP contribution in [0.4, 0.5) is 5.69 Å². The molecule has 3 aromatic rings. The van der Waals surface area contributed by atoms with E-state index in [1.165, 1.54) is 5.56 Å². The molecule has 5 rings (SSSR count). The van der Waals surface area contributed by atoms with E-state index in [0.717, 1.165) is 52.2 Å². The summed E-state index contributed by atoms with van der Waals surface area (Å²) in [6, 6.07) is 24.0. The highest BCUT2D eigenvalue weighted by Gasteiger charge is 2.39. The Morgan fingerprint density at radius 1 is 0.912 bits per heavy atom. The molecule has 0 saturated carbocycles. The highest BCUT2D eigenvalue weighted by molar-refractivity contribution is 6.07. The lowest BCUT2D eigenvalue weighted by atomic mass is 9.77. The number of hydrogen-bond donors (Lipinski definition) is 0. The summed E-state index contributed by atoms with van der Waals surface area (Å²) in [5.41, 5.74) is 6.93. The standard InChI is InChI=1S/C30H29NO3/c1-20-7-5-9-22(17-20)19-34-24-15-13-23(14-16-24)25-18-29(33)31(26-10-4-3-8-21(26)2)27-11-6-12-28(32)30(25)27/h3-5,7-10,13-17,25H,6,11-12,18-19H2,1-2H3. The molecule has 0 aromatic heterocycles. The highest BCUT2D eigenvalue weighted by Crippen LogP contribution is 2.44. The van der Waals surface area contributed by atoms with E-state index >= 15 is 0 Å². The van der Waals surface area contributed by atoms with Gasteiger partial charge in [0.2, 0.25) is 5.91 Å². The number of Topliss-reactive ketones (excluding diaryl/α,β-unsaturated/α-hetero) is 1. The Labute approximate surface area is 200 Å². The highest BCUT2D eigenvalue weighted by atomic mass is 16.5. The number of nitrogens with zero attached hydrogens (tertiary/aromatic N) is 1. The largest absolute Gasteiger partial charge is 0.489 e. The first-order valence-corrected chi connectivity index (χ1v) is 11.9. The summed E-state index contributed by atoms with van der Waals surface area (Å²) in [5.74, 6) is 0.782. The third-order valence-electron chi connectivity index (χ3n) is 6.80. The molecule has 1 heterocycles. The normalized spacial score (nSPS) is 18.2. The van der Waals surface area contributed by atoms with Crippen molar-refractivity contribution in [3.63, 3.8) is 0 Å². The Kier molecular flexibility index (Phi) is 6.06. The number of allylic oxidation sites excluding steroid dienone is 2. The van der Waals surface area contributed by atoms with Gasteiger partial charge in [-0.25, -0.2) is 0 Å². The van der Waals surface area contributed by atoms with Crippen molar-refractivity contribution in [2.75, 3.05) is 4.90 Å². The van der Waals surface area contributed by atoms with Gasteiger partial charge in [0.15, 0.2) is 5.78 Å². The summed E-state index contributed by atoms with van der Waals surface area (Å²) in [6.07, 6.45) is 2.37. The van der Waals surface area contributed by atoms with Gasteiger partial charge in [0, 0.05) is 30.0 Å². The molecule has 2 aliphatic rings. The third-order valence-corrected chi connectivity index (χ3v) is 6.80. The van der Waals surface area contributed by atoms with Crippen LogP contribution < -0.4 is 9.64 Å². The first kappa shape index (κ1) is 22.1. The fourth-order valence-electron chi connectivity index (χ4n) is 5.14. The monoisotopic (exact) mass is 451 g/mol. The lowest BCUT2D eigenvalue weighted by molar-refractivity contribution is -0.119. The number of ketones is 1. The number of benzene rings is 3. The first-order chi connectivity index (χ1) is 16.5. The van der Waals surface area contributed by atoms with Crippen molar-refractivity contribution in [2.45, 2.75) is 52.1 Å². The molecule has 0 bridgehead atoms. The van der Waals surface area contributed by atoms with Crippen molar-refractivity contribution >= 4 is 17.4 Å². The van der Waals surface area contributed by atoms with E-state index in [1.54, 1.807) is 4.90 Å². The predicted octanol–water partition coefficient (Wildman–Crippen LogP) is 6.41. The van der Waals surface area contributed by atoms with Crippen molar-refractivity contribution in [1.82, 2.24) is 0 Å². The quantitative estimate of drug-likeness (QED) is 0.450. The minimum absolute atomic E-state index is 0.0486. The summed E-state index contributed by atoms with van der Waals surface area (Å²) in [7, 11) is 0. The van der Waals surface area contributed by atoms with Crippen LogP contribution >= 0.6 is 0 Å². The molecule has 1 unspecified atom stereocenters. The zero-order valence-corrected chi connectivity index (χ0v) is 19.7. The average Bonchev–Trinajstić information content (AvgIpc) is 2.84. The molecule has 0 spiro atoms. The lowest BCUT2D eigenvalue weighted by Gasteiger charge is -2.39. The molecule has 34 heavy (non-hydrogen) atoms. The van der Waals surface area contributed by atoms with E-state index in [1.807, 2.05) is 61.5 Å². The second kappa shape index (κ2) is 9.30. The summed E-state index contributed by atoms with van der Waals surface area (Å²) in [4.78, 5) is 28.3. The molecule has 0 radical (unpaired) electrons. The van der Waals surface area contributed by atoms with Crippen molar-refractivity contribution in [1.29, 1.82) is 0 Å². The third kappa shape index (κ3) is 4.28. The fourth-order valence-corrected chi connectivity index (χ4v) is 5.14. The van der Waals surface area contributed by atoms with Crippen molar-refractivity contribution < 1.29 is 14.3 Å². The zero-order chi connectivity index (χ0) is 23.7. The van der Waals surface area contributed by atoms with Crippen LogP contribution in [0, 0.1) is 13.8 Å². The van der Waals surface area contributed by atoms with E-state index in [0.29, 0.717) is 19.4 Å². The number of amides is 1. The topological polar surface area (TPSA) is 46.6 Å². The number of carbonyl (C=O) groups excluding carboxylic acids is 2. The Morgan fingerprint density at radius 2 is 1.71 bits per heavy atom. The molecule has 1 aliphatic heterocycles. The van der Waals surface area contributed by atoms with Crippen molar-refractivity contribution in [3.8, 4) is 5.75 Å². The molecular formula is C30H29NO3. The number of para-hydroxylation sites is 1. The van der Waals surface area contributed by atoms with E-state index in [9.17, 15) is 9.59 Å². The molecule has 1 amide bonds. The van der Waals surface area contributed by atoms with Crippen molar-refractivity contribution in [2.24, 2.45) is 0 Å². The van der Waals surface area contributed by atoms with E-state index in [4.69, 9.17) is 4.74 Å². The molecule has 0 saturated heterocycles. The van der Waals surface area contributed by atoms with Gasteiger partial charge in [-0.05, 0) is 61.6 Å². The lowest BCUT2D eigenvalue weighted by Crippen LogP contribution is -2.40. The zero-order valence-electron chi connectivity index (χ0n) is 19.7. The number of hydrogen-bond acceptors (Lipinski definition) is 3. The second-order valence-electron chi connectivity index (χ2n) is 9.26. The molecule has 172 valence electrons. The maximum atomic E-state index is 13.4. The Morgan fingerprint density at radius 3 is 2.47 bits per heavy atom. The number of carbonyl (C=O) groups is 2. The summed E-state index contributed by atoms with van der Waals surface area (Å²) in [6.45, 7) is 4.58. The molecule has 0 N–H and O–H groups in total. The molecule has 1 atom stereocenters. The minimum atomic E-state index is -0.207. The van der Waals surface area contributed by atoms with E-state index in [2.05, 4.69) is 25.1 Å². The van der Waals surface area contributed by atoms with Crippen LogP contribution in [0.2, 0.25) is 0 Å². The molecule has 4 nitrogen and oxygen atoms in total. The second-order valence-corrected chi connectivity index (χ2v) is 9.26. The molecule has 3 aromatic carbocycles. The van der Waals surface area contributed by atoms with Gasteiger partial charge in [0.25, 0.3) is 0 Å². The summed E-state index contributed by atoms with van der Waals surface area (Å²) < 4.78 is 5.97. The average molecular weight is 452 g/mol. The minimum Gasteiger partial charge on any atom is -0.489 e. The van der Waals surface area contributed by atoms with Gasteiger partial charge in [-0.2, -0.15) is 0 Å². The number of ether oxygens (including phenoxy) is 1. The molecular weight excluding hydrogens is 422 g/mol. The maximum Gasteiger partial charge on any atom is 0.232 e. The van der Waals surface area contributed by atoms with Gasteiger partial charge in [-0.3, -0.25) is 14.5 Å². The smallest absolute Gasteiger partial charge is 0.232 e. The van der Waals surface area contributed by atoms with Crippen LogP contribution in [-0.2, 0) is 16.2 Å². The van der Waals surface area contributed by atoms with Gasteiger partial charge in [0.05, 0.1) is 5.69 Å². The van der Waals surface area contributed by atoms with Gasteiger partial charge in [-0.15, -0.1) is 0 Å². The van der Waals surface area contributed by atoms with Gasteiger partial charge >= 0.3 is 0 Å². The number of anilines is 1. The summed E-state index contributed by atoms with van der Waals surface area (Å²) in [5, 5.41) is 0. The van der Waals surface area contributed by atoms with Crippen LogP contribution in [0.25, 0.3) is 0 Å². The predicted molar refractivity (Wildman–Crippen MR) is 134 cm³/mol. The van der Waals surface area contributed by atoms with Crippen LogP contribution in [0.1, 0.15) is 53.9 Å². The molecule has 4 heteroatoms. The van der Waals surface area contributed by atoms with Gasteiger partial charge < -0.3 is 4.74 Å². The van der Waals surface area contributed by atoms with Crippen LogP contribution in [-0.4, -0.2) is 11.7 Å². The van der Waals surface area contributed by atoms with Crippen LogP contribution in [0.3, 0.4) is 0 Å². The Hall–Kier alpha value is -3.66. The molecule has 1 aliphatic carbocycles. The fraction of sp³-hybridized carbons (Fsp3) is 0.267. The van der Waals surface area contributed by atoms with Gasteiger partial charge in [-0.1, -0.05) is 60.2 Å². The van der Waals surface area contributed by atoms with E-state index in [-0.39, 0.29) is 17.6 Å². The van der Waals surface area contributed by atoms with E-state index < -0.39 is 0 Å². The Bertz CT molecular complexity index is 1270. The molecule has 0 fully saturated rings. The number of aryl methyl sites for hydroxylation is 2. The van der Waals surface area contributed by atoms with Gasteiger partial charge in [0.1, 0.15) is 12.4 Å². The first-order valence-electron chi connectivity index (χ1n) is 11.9. The SMILES string of the molecule is Cc1cccc(COc2ccc(C3CC(=O)N(c4ccccc4C)C4=C3C(=O)CCC4)cc2)c1. The van der Waals surface area contributed by atoms with Crippen LogP contribution in [0.15, 0.2) is 84.1 Å². The number of rotatable bonds is 5. The van der Waals surface area contributed by atoms with Crippen LogP contribution in [0.5, 0.6) is 5.75 Å². The maximum absolute atomic E-state index is 13.4. The van der Waals surface area contributed by atoms with Crippen molar-refractivity contribution in [3.05, 3.63) is 106 Å². The summed E-state index contributed by atoms with van der Waals surface area (Å²) >= 11 is 0. The Balaban J connectivity index is 1.43.